The molecule has 0 aliphatic rings. The van der Waals surface area contributed by atoms with Gasteiger partial charge >= 0.3 is 0 Å². The topological polar surface area (TPSA) is 58.4 Å². The zero-order valence-electron chi connectivity index (χ0n) is 8.41. The van der Waals surface area contributed by atoms with Crippen molar-refractivity contribution >= 4 is 0 Å². The Labute approximate surface area is 78.6 Å². The molecule has 0 amide bonds. The molecule has 0 bridgehead atoms. The van der Waals surface area contributed by atoms with Crippen molar-refractivity contribution in [3.8, 4) is 0 Å². The van der Waals surface area contributed by atoms with Gasteiger partial charge in [-0.1, -0.05) is 13.3 Å². The molecule has 0 aliphatic heterocycles. The summed E-state index contributed by atoms with van der Waals surface area (Å²) in [6.45, 7) is 2.85. The first-order valence-corrected chi connectivity index (χ1v) is 4.34. The van der Waals surface area contributed by atoms with Crippen LogP contribution in [0.25, 0.3) is 0 Å². The summed E-state index contributed by atoms with van der Waals surface area (Å²) in [4.78, 5) is 11.5. The molecular weight excluding hydrogens is 170 g/mol. The summed E-state index contributed by atoms with van der Waals surface area (Å²) in [5.41, 5.74) is 0. The van der Waals surface area contributed by atoms with Crippen molar-refractivity contribution in [1.82, 2.24) is 10.2 Å². The van der Waals surface area contributed by atoms with Crippen LogP contribution in [0.2, 0.25) is 0 Å². The second-order valence-corrected chi connectivity index (χ2v) is 2.97. The molecule has 0 spiro atoms. The Kier molecular flexibility index (Phi) is 5.67. The lowest BCUT2D eigenvalue weighted by Gasteiger charge is -2.15. The van der Waals surface area contributed by atoms with Crippen LogP contribution in [0.3, 0.4) is 0 Å². The Hall–Kier alpha value is -1.26. The van der Waals surface area contributed by atoms with E-state index in [9.17, 15) is 10.1 Å². The Morgan fingerprint density at radius 1 is 1.62 bits per heavy atom. The van der Waals surface area contributed by atoms with E-state index in [4.69, 9.17) is 0 Å². The van der Waals surface area contributed by atoms with Gasteiger partial charge in [-0.3, -0.25) is 10.1 Å². The molecule has 76 valence electrons. The molecule has 0 atom stereocenters. The molecule has 0 unspecified atom stereocenters. The van der Waals surface area contributed by atoms with E-state index in [1.807, 2.05) is 0 Å². The van der Waals surface area contributed by atoms with E-state index >= 15 is 0 Å². The molecule has 5 nitrogen and oxygen atoms in total. The first-order chi connectivity index (χ1) is 6.07. The summed E-state index contributed by atoms with van der Waals surface area (Å²) in [6, 6.07) is 0. The highest BCUT2D eigenvalue weighted by Gasteiger charge is 2.03. The van der Waals surface area contributed by atoms with E-state index in [-0.39, 0.29) is 0 Å². The third kappa shape index (κ3) is 5.95. The minimum Gasteiger partial charge on any atom is -0.367 e. The molecule has 0 fully saturated rings. The molecule has 0 saturated carbocycles. The monoisotopic (exact) mass is 187 g/mol. The Bertz CT molecular complexity index is 190. The van der Waals surface area contributed by atoms with Gasteiger partial charge in [-0.05, 0) is 6.42 Å². The number of unbranched alkanes of at least 4 members (excludes halogenated alkanes) is 1. The third-order valence-corrected chi connectivity index (χ3v) is 1.55. The molecule has 0 saturated heterocycles. The number of nitrogens with zero attached hydrogens (tertiary/aromatic N) is 2. The fourth-order valence-electron chi connectivity index (χ4n) is 0.812. The fourth-order valence-corrected chi connectivity index (χ4v) is 0.812. The van der Waals surface area contributed by atoms with Crippen LogP contribution in [0.4, 0.5) is 0 Å². The summed E-state index contributed by atoms with van der Waals surface area (Å²) < 4.78 is 0. The van der Waals surface area contributed by atoms with Crippen LogP contribution in [0.1, 0.15) is 19.8 Å². The second-order valence-electron chi connectivity index (χ2n) is 2.97. The quantitative estimate of drug-likeness (QED) is 0.383. The molecular formula is C8H17N3O2. The standard InChI is InChI=1S/C8H17N3O2/c1-4-5-6-9-8(10(2)3)7-11(12)13/h7,9H,4-6H2,1-3H3/b8-7-. The van der Waals surface area contributed by atoms with Crippen molar-refractivity contribution in [2.24, 2.45) is 0 Å². The molecule has 0 aromatic rings. The molecule has 0 radical (unpaired) electrons. The normalized spacial score (nSPS) is 11.2. The van der Waals surface area contributed by atoms with Crippen LogP contribution in [-0.2, 0) is 0 Å². The van der Waals surface area contributed by atoms with Crippen LogP contribution in [0.5, 0.6) is 0 Å². The zero-order valence-corrected chi connectivity index (χ0v) is 8.41. The van der Waals surface area contributed by atoms with Gasteiger partial charge in [0.15, 0.2) is 5.82 Å². The molecule has 0 aliphatic carbocycles. The molecule has 0 aromatic carbocycles. The Balaban J connectivity index is 4.03. The maximum absolute atomic E-state index is 10.2. The van der Waals surface area contributed by atoms with E-state index in [1.54, 1.807) is 19.0 Å². The summed E-state index contributed by atoms with van der Waals surface area (Å²) in [7, 11) is 3.54. The van der Waals surface area contributed by atoms with Gasteiger partial charge in [-0.2, -0.15) is 0 Å². The third-order valence-electron chi connectivity index (χ3n) is 1.55. The summed E-state index contributed by atoms with van der Waals surface area (Å²) in [5.74, 6) is 0.540. The molecule has 0 heterocycles. The summed E-state index contributed by atoms with van der Waals surface area (Å²) in [5, 5.41) is 13.2. The van der Waals surface area contributed by atoms with E-state index in [1.165, 1.54) is 0 Å². The number of hydrogen-bond acceptors (Lipinski definition) is 4. The SMILES string of the molecule is CCCCN/C(=C/[N+](=O)[O-])N(C)C. The minimum atomic E-state index is -0.450. The van der Waals surface area contributed by atoms with Crippen LogP contribution >= 0.6 is 0 Å². The highest BCUT2D eigenvalue weighted by Crippen LogP contribution is 1.94. The minimum absolute atomic E-state index is 0.450. The molecule has 1 N–H and O–H groups in total. The maximum Gasteiger partial charge on any atom is 0.274 e. The number of nitro groups is 1. The van der Waals surface area contributed by atoms with Crippen molar-refractivity contribution in [2.75, 3.05) is 20.6 Å². The maximum atomic E-state index is 10.2. The molecule has 5 heteroatoms. The molecule has 0 rings (SSSR count). The Morgan fingerprint density at radius 2 is 2.23 bits per heavy atom. The zero-order chi connectivity index (χ0) is 10.3. The predicted molar refractivity (Wildman–Crippen MR) is 51.7 cm³/mol. The average molecular weight is 187 g/mol. The number of rotatable bonds is 6. The van der Waals surface area contributed by atoms with Crippen molar-refractivity contribution in [1.29, 1.82) is 0 Å². The van der Waals surface area contributed by atoms with Crippen LogP contribution in [0.15, 0.2) is 12.0 Å². The van der Waals surface area contributed by atoms with Gasteiger partial charge in [0.2, 0.25) is 0 Å². The first kappa shape index (κ1) is 11.7. The van der Waals surface area contributed by atoms with Gasteiger partial charge in [-0.25, -0.2) is 0 Å². The van der Waals surface area contributed by atoms with E-state index in [0.29, 0.717) is 5.82 Å². The Morgan fingerprint density at radius 3 is 2.62 bits per heavy atom. The smallest absolute Gasteiger partial charge is 0.274 e. The largest absolute Gasteiger partial charge is 0.367 e. The lowest BCUT2D eigenvalue weighted by molar-refractivity contribution is -0.404. The fraction of sp³-hybridized carbons (Fsp3) is 0.750. The van der Waals surface area contributed by atoms with Gasteiger partial charge in [-0.15, -0.1) is 0 Å². The van der Waals surface area contributed by atoms with Crippen LogP contribution < -0.4 is 5.32 Å². The van der Waals surface area contributed by atoms with Gasteiger partial charge < -0.3 is 10.2 Å². The van der Waals surface area contributed by atoms with Gasteiger partial charge in [0.1, 0.15) is 0 Å². The lowest BCUT2D eigenvalue weighted by atomic mass is 10.3. The molecule has 0 aromatic heterocycles. The number of nitrogens with one attached hydrogen (secondary N) is 1. The highest BCUT2D eigenvalue weighted by molar-refractivity contribution is 4.91. The van der Waals surface area contributed by atoms with Gasteiger partial charge in [0.25, 0.3) is 6.20 Å². The average Bonchev–Trinajstić information content (AvgIpc) is 2.02. The lowest BCUT2D eigenvalue weighted by Crippen LogP contribution is -2.27. The second kappa shape index (κ2) is 6.28. The highest BCUT2D eigenvalue weighted by atomic mass is 16.6. The molecule has 13 heavy (non-hydrogen) atoms. The van der Waals surface area contributed by atoms with Crippen LogP contribution in [0, 0.1) is 10.1 Å². The van der Waals surface area contributed by atoms with Crippen molar-refractivity contribution < 1.29 is 4.92 Å². The van der Waals surface area contributed by atoms with E-state index in [0.717, 1.165) is 25.6 Å². The van der Waals surface area contributed by atoms with Crippen LogP contribution in [-0.4, -0.2) is 30.5 Å². The summed E-state index contributed by atoms with van der Waals surface area (Å²) >= 11 is 0. The van der Waals surface area contributed by atoms with Crippen molar-refractivity contribution in [3.05, 3.63) is 22.1 Å². The predicted octanol–water partition coefficient (Wildman–Crippen LogP) is 1.01. The van der Waals surface area contributed by atoms with Crippen molar-refractivity contribution in [3.63, 3.8) is 0 Å². The van der Waals surface area contributed by atoms with Crippen molar-refractivity contribution in [2.45, 2.75) is 19.8 Å². The van der Waals surface area contributed by atoms with Gasteiger partial charge in [0, 0.05) is 20.6 Å². The first-order valence-electron chi connectivity index (χ1n) is 4.34. The van der Waals surface area contributed by atoms with E-state index in [2.05, 4.69) is 12.2 Å². The van der Waals surface area contributed by atoms with E-state index < -0.39 is 4.92 Å². The van der Waals surface area contributed by atoms with Gasteiger partial charge in [0.05, 0.1) is 4.92 Å². The number of hydrogen-bond donors (Lipinski definition) is 1. The summed E-state index contributed by atoms with van der Waals surface area (Å²) in [6.07, 6.45) is 3.07.